The monoisotopic (exact) mass is 451 g/mol. The van der Waals surface area contributed by atoms with Crippen molar-refractivity contribution in [1.82, 2.24) is 0 Å². The molecule has 0 saturated carbocycles. The van der Waals surface area contributed by atoms with Crippen molar-refractivity contribution < 1.29 is 22.7 Å². The first-order valence-electron chi connectivity index (χ1n) is 9.82. The highest BCUT2D eigenvalue weighted by molar-refractivity contribution is 7.92. The summed E-state index contributed by atoms with van der Waals surface area (Å²) in [5.41, 5.74) is 1.23. The third-order valence-corrected chi connectivity index (χ3v) is 5.98. The van der Waals surface area contributed by atoms with E-state index in [2.05, 4.69) is 5.32 Å². The van der Waals surface area contributed by atoms with Crippen LogP contribution >= 0.6 is 0 Å². The normalized spacial score (nSPS) is 13.2. The molecule has 0 bridgehead atoms. The Bertz CT molecular complexity index is 1260. The van der Waals surface area contributed by atoms with Crippen LogP contribution in [-0.4, -0.2) is 39.6 Å². The number of carbonyl (C=O) groups is 2. The van der Waals surface area contributed by atoms with Gasteiger partial charge >= 0.3 is 0 Å². The summed E-state index contributed by atoms with van der Waals surface area (Å²) >= 11 is 0. The first-order chi connectivity index (χ1) is 15.3. The molecule has 1 N–H and O–H groups in total. The average molecular weight is 452 g/mol. The number of sulfonamides is 1. The van der Waals surface area contributed by atoms with Crippen LogP contribution in [-0.2, 0) is 19.6 Å². The number of ether oxygens (including phenoxy) is 1. The molecule has 2 amide bonds. The summed E-state index contributed by atoms with van der Waals surface area (Å²) in [5, 5.41) is 2.71. The van der Waals surface area contributed by atoms with Crippen molar-refractivity contribution >= 4 is 38.9 Å². The molecule has 0 fully saturated rings. The molecular formula is C23H21N3O5S. The van der Waals surface area contributed by atoms with Gasteiger partial charge in [-0.15, -0.1) is 0 Å². The van der Waals surface area contributed by atoms with Crippen LogP contribution in [0.1, 0.15) is 0 Å². The summed E-state index contributed by atoms with van der Waals surface area (Å²) in [6.07, 6.45) is 1.02. The minimum absolute atomic E-state index is 0.199. The quantitative estimate of drug-likeness (QED) is 0.621. The van der Waals surface area contributed by atoms with Gasteiger partial charge in [-0.05, 0) is 36.4 Å². The predicted molar refractivity (Wildman–Crippen MR) is 123 cm³/mol. The molecule has 0 saturated heterocycles. The van der Waals surface area contributed by atoms with Crippen LogP contribution in [0.5, 0.6) is 11.5 Å². The number of nitrogens with zero attached hydrogens (tertiary/aromatic N) is 2. The van der Waals surface area contributed by atoms with E-state index in [4.69, 9.17) is 4.74 Å². The van der Waals surface area contributed by atoms with Crippen LogP contribution < -0.4 is 19.3 Å². The Morgan fingerprint density at radius 3 is 2.41 bits per heavy atom. The molecule has 3 aromatic rings. The number of amides is 2. The minimum Gasteiger partial charge on any atom is -0.455 e. The van der Waals surface area contributed by atoms with E-state index >= 15 is 0 Å². The van der Waals surface area contributed by atoms with Crippen LogP contribution in [0, 0.1) is 0 Å². The van der Waals surface area contributed by atoms with Gasteiger partial charge in [0, 0.05) is 0 Å². The van der Waals surface area contributed by atoms with E-state index in [-0.39, 0.29) is 23.9 Å². The largest absolute Gasteiger partial charge is 0.455 e. The molecule has 4 rings (SSSR count). The number of nitrogens with one attached hydrogen (secondary N) is 1. The van der Waals surface area contributed by atoms with Crippen LogP contribution in [0.25, 0.3) is 0 Å². The number of fused-ring (bicyclic) bond motifs is 1. The number of carbonyl (C=O) groups excluding carboxylic acids is 2. The number of para-hydroxylation sites is 5. The average Bonchev–Trinajstić information content (AvgIpc) is 2.77. The molecule has 1 aliphatic rings. The first kappa shape index (κ1) is 21.4. The molecule has 0 aromatic heterocycles. The van der Waals surface area contributed by atoms with Gasteiger partial charge in [-0.2, -0.15) is 0 Å². The van der Waals surface area contributed by atoms with Crippen LogP contribution in [0.4, 0.5) is 17.1 Å². The summed E-state index contributed by atoms with van der Waals surface area (Å²) in [7, 11) is -3.85. The maximum atomic E-state index is 13.2. The minimum atomic E-state index is -3.85. The lowest BCUT2D eigenvalue weighted by Crippen LogP contribution is -2.47. The van der Waals surface area contributed by atoms with Gasteiger partial charge in [-0.3, -0.25) is 18.8 Å². The van der Waals surface area contributed by atoms with Crippen LogP contribution in [0.15, 0.2) is 78.9 Å². The second kappa shape index (κ2) is 8.72. The number of hydrogen-bond donors (Lipinski definition) is 1. The molecule has 0 spiro atoms. The SMILES string of the molecule is CS(=O)(=O)N(CC(=O)N1CC(=O)Nc2ccccc21)c1ccccc1Oc1ccccc1. The molecule has 0 radical (unpaired) electrons. The smallest absolute Gasteiger partial charge is 0.248 e. The van der Waals surface area contributed by atoms with Gasteiger partial charge in [0.1, 0.15) is 18.8 Å². The zero-order chi connectivity index (χ0) is 22.7. The predicted octanol–water partition coefficient (Wildman–Crippen LogP) is 3.23. The van der Waals surface area contributed by atoms with Gasteiger partial charge in [0.25, 0.3) is 0 Å². The maximum Gasteiger partial charge on any atom is 0.248 e. The first-order valence-corrected chi connectivity index (χ1v) is 11.7. The highest BCUT2D eigenvalue weighted by Crippen LogP contribution is 2.34. The number of hydrogen-bond acceptors (Lipinski definition) is 5. The standard InChI is InChI=1S/C23H21N3O5S/c1-32(29,30)26(20-13-7-8-14-21(20)31-17-9-3-2-4-10-17)16-23(28)25-15-22(27)24-18-11-5-6-12-19(18)25/h2-14H,15-16H2,1H3,(H,24,27). The molecule has 3 aromatic carbocycles. The fourth-order valence-corrected chi connectivity index (χ4v) is 4.26. The Balaban J connectivity index is 1.67. The zero-order valence-electron chi connectivity index (χ0n) is 17.3. The van der Waals surface area contributed by atoms with Gasteiger partial charge in [-0.1, -0.05) is 42.5 Å². The summed E-state index contributed by atoms with van der Waals surface area (Å²) in [4.78, 5) is 26.6. The van der Waals surface area contributed by atoms with Crippen LogP contribution in [0.3, 0.4) is 0 Å². The second-order valence-corrected chi connectivity index (χ2v) is 9.10. The van der Waals surface area contributed by atoms with E-state index < -0.39 is 22.5 Å². The number of anilines is 3. The molecule has 0 aliphatic carbocycles. The summed E-state index contributed by atoms with van der Waals surface area (Å²) < 4.78 is 32.2. The lowest BCUT2D eigenvalue weighted by atomic mass is 10.2. The van der Waals surface area contributed by atoms with Crippen molar-refractivity contribution in [2.75, 3.05) is 33.9 Å². The number of rotatable bonds is 6. The highest BCUT2D eigenvalue weighted by Gasteiger charge is 2.31. The number of benzene rings is 3. The Labute approximate surface area is 186 Å². The third-order valence-electron chi connectivity index (χ3n) is 4.86. The van der Waals surface area contributed by atoms with Crippen molar-refractivity contribution in [3.8, 4) is 11.5 Å². The highest BCUT2D eigenvalue weighted by atomic mass is 32.2. The fourth-order valence-electron chi connectivity index (χ4n) is 3.41. The molecule has 8 nitrogen and oxygen atoms in total. The molecule has 1 aliphatic heterocycles. The van der Waals surface area contributed by atoms with E-state index in [0.717, 1.165) is 10.6 Å². The van der Waals surface area contributed by atoms with Crippen molar-refractivity contribution in [3.63, 3.8) is 0 Å². The summed E-state index contributed by atoms with van der Waals surface area (Å²) in [6.45, 7) is -0.689. The lowest BCUT2D eigenvalue weighted by molar-refractivity contribution is -0.121. The van der Waals surface area contributed by atoms with Crippen LogP contribution in [0.2, 0.25) is 0 Å². The molecule has 164 valence electrons. The Morgan fingerprint density at radius 1 is 1.00 bits per heavy atom. The molecule has 1 heterocycles. The summed E-state index contributed by atoms with van der Waals surface area (Å²) in [5.74, 6) is -0.0712. The Hall–Kier alpha value is -3.85. The Morgan fingerprint density at radius 2 is 1.66 bits per heavy atom. The molecule has 0 unspecified atom stereocenters. The van der Waals surface area contributed by atoms with Crippen molar-refractivity contribution in [3.05, 3.63) is 78.9 Å². The van der Waals surface area contributed by atoms with E-state index in [9.17, 15) is 18.0 Å². The van der Waals surface area contributed by atoms with Crippen molar-refractivity contribution in [1.29, 1.82) is 0 Å². The van der Waals surface area contributed by atoms with E-state index in [1.54, 1.807) is 72.8 Å². The van der Waals surface area contributed by atoms with Crippen molar-refractivity contribution in [2.45, 2.75) is 0 Å². The second-order valence-electron chi connectivity index (χ2n) is 7.20. The Kier molecular flexibility index (Phi) is 5.83. The van der Waals surface area contributed by atoms with E-state index in [1.165, 1.54) is 4.90 Å². The molecule has 32 heavy (non-hydrogen) atoms. The summed E-state index contributed by atoms with van der Waals surface area (Å²) in [6, 6.07) is 22.4. The van der Waals surface area contributed by atoms with Gasteiger partial charge < -0.3 is 10.1 Å². The van der Waals surface area contributed by atoms with Gasteiger partial charge in [-0.25, -0.2) is 8.42 Å². The van der Waals surface area contributed by atoms with E-state index in [0.29, 0.717) is 17.1 Å². The van der Waals surface area contributed by atoms with Gasteiger partial charge in [0.2, 0.25) is 21.8 Å². The molecule has 0 atom stereocenters. The molecule has 9 heteroatoms. The topological polar surface area (TPSA) is 96.0 Å². The molecular weight excluding hydrogens is 430 g/mol. The van der Waals surface area contributed by atoms with Gasteiger partial charge in [0.05, 0.1) is 23.3 Å². The lowest BCUT2D eigenvalue weighted by Gasteiger charge is -2.31. The van der Waals surface area contributed by atoms with E-state index in [1.807, 2.05) is 6.07 Å². The third kappa shape index (κ3) is 4.57. The maximum absolute atomic E-state index is 13.2. The fraction of sp³-hybridized carbons (Fsp3) is 0.130. The van der Waals surface area contributed by atoms with Gasteiger partial charge in [0.15, 0.2) is 5.75 Å². The van der Waals surface area contributed by atoms with Crippen molar-refractivity contribution in [2.24, 2.45) is 0 Å². The zero-order valence-corrected chi connectivity index (χ0v) is 18.1.